The van der Waals surface area contributed by atoms with Crippen LogP contribution in [-0.4, -0.2) is 13.1 Å². The van der Waals surface area contributed by atoms with Crippen LogP contribution in [0.15, 0.2) is 46.2 Å². The van der Waals surface area contributed by atoms with Gasteiger partial charge in [-0.1, -0.05) is 30.0 Å². The molecule has 0 amide bonds. The summed E-state index contributed by atoms with van der Waals surface area (Å²) >= 11 is 1.53. The van der Waals surface area contributed by atoms with Crippen LogP contribution in [0.1, 0.15) is 19.3 Å². The van der Waals surface area contributed by atoms with Crippen LogP contribution in [0.3, 0.4) is 0 Å². The molecule has 1 aromatic rings. The smallest absolute Gasteiger partial charge is 0.331 e. The average molecular weight is 261 g/mol. The fourth-order valence-electron chi connectivity index (χ4n) is 1.32. The first-order valence-corrected chi connectivity index (χ1v) is 6.46. The summed E-state index contributed by atoms with van der Waals surface area (Å²) in [4.78, 5) is 13.3. The van der Waals surface area contributed by atoms with Crippen LogP contribution in [0.25, 0.3) is 0 Å². The summed E-state index contributed by atoms with van der Waals surface area (Å²) < 4.78 is 4.63. The van der Waals surface area contributed by atoms with Crippen LogP contribution >= 0.6 is 11.8 Å². The molecule has 0 radical (unpaired) electrons. The molecule has 0 bridgehead atoms. The number of hydrogen-bond acceptors (Lipinski definition) is 4. The van der Waals surface area contributed by atoms with E-state index in [1.165, 1.54) is 24.9 Å². The third-order valence-corrected chi connectivity index (χ3v) is 3.28. The SMILES string of the molecule is COC(=O)/C=C(\CCCC#N)Sc1ccccc1. The van der Waals surface area contributed by atoms with Gasteiger partial charge in [0.05, 0.1) is 13.2 Å². The van der Waals surface area contributed by atoms with E-state index in [1.807, 2.05) is 30.3 Å². The van der Waals surface area contributed by atoms with Gasteiger partial charge in [0.1, 0.15) is 0 Å². The minimum Gasteiger partial charge on any atom is -0.466 e. The maximum atomic E-state index is 11.3. The van der Waals surface area contributed by atoms with Gasteiger partial charge in [-0.25, -0.2) is 4.79 Å². The normalized spacial score (nSPS) is 10.8. The van der Waals surface area contributed by atoms with Gasteiger partial charge in [0.2, 0.25) is 0 Å². The first-order valence-electron chi connectivity index (χ1n) is 5.64. The predicted octanol–water partition coefficient (Wildman–Crippen LogP) is 3.53. The van der Waals surface area contributed by atoms with Gasteiger partial charge in [-0.3, -0.25) is 0 Å². The maximum Gasteiger partial charge on any atom is 0.331 e. The lowest BCUT2D eigenvalue weighted by Gasteiger charge is -2.05. The van der Waals surface area contributed by atoms with Gasteiger partial charge in [-0.2, -0.15) is 5.26 Å². The monoisotopic (exact) mass is 261 g/mol. The Morgan fingerprint density at radius 1 is 1.44 bits per heavy atom. The van der Waals surface area contributed by atoms with Crippen LogP contribution in [0.2, 0.25) is 0 Å². The maximum absolute atomic E-state index is 11.3. The van der Waals surface area contributed by atoms with Gasteiger partial charge in [0.15, 0.2) is 0 Å². The van der Waals surface area contributed by atoms with E-state index in [0.29, 0.717) is 12.8 Å². The van der Waals surface area contributed by atoms with Crippen LogP contribution in [0.4, 0.5) is 0 Å². The molecule has 0 aliphatic heterocycles. The van der Waals surface area contributed by atoms with Gasteiger partial charge < -0.3 is 4.74 Å². The van der Waals surface area contributed by atoms with E-state index < -0.39 is 0 Å². The van der Waals surface area contributed by atoms with E-state index in [0.717, 1.165) is 16.2 Å². The highest BCUT2D eigenvalue weighted by molar-refractivity contribution is 8.03. The molecule has 0 aliphatic carbocycles. The van der Waals surface area contributed by atoms with Gasteiger partial charge >= 0.3 is 5.97 Å². The first kappa shape index (κ1) is 14.3. The number of esters is 1. The summed E-state index contributed by atoms with van der Waals surface area (Å²) in [5.74, 6) is -0.356. The molecule has 0 saturated heterocycles. The highest BCUT2D eigenvalue weighted by atomic mass is 32.2. The average Bonchev–Trinajstić information content (AvgIpc) is 2.40. The van der Waals surface area contributed by atoms with E-state index in [1.54, 1.807) is 0 Å². The number of nitriles is 1. The Balaban J connectivity index is 2.69. The molecular formula is C14H15NO2S. The summed E-state index contributed by atoms with van der Waals surface area (Å²) in [7, 11) is 1.36. The number of methoxy groups -OCH3 is 1. The second kappa shape index (κ2) is 8.37. The van der Waals surface area contributed by atoms with Crippen molar-refractivity contribution in [2.45, 2.75) is 24.2 Å². The Labute approximate surface area is 111 Å². The largest absolute Gasteiger partial charge is 0.466 e. The second-order valence-electron chi connectivity index (χ2n) is 3.56. The van der Waals surface area contributed by atoms with Gasteiger partial charge in [0.25, 0.3) is 0 Å². The number of ether oxygens (including phenoxy) is 1. The Morgan fingerprint density at radius 3 is 2.78 bits per heavy atom. The molecule has 0 aromatic heterocycles. The van der Waals surface area contributed by atoms with E-state index >= 15 is 0 Å². The fourth-order valence-corrected chi connectivity index (χ4v) is 2.32. The number of thioether (sulfide) groups is 1. The van der Waals surface area contributed by atoms with Crippen molar-refractivity contribution < 1.29 is 9.53 Å². The summed E-state index contributed by atoms with van der Waals surface area (Å²) in [6.07, 6.45) is 3.45. The molecule has 18 heavy (non-hydrogen) atoms. The summed E-state index contributed by atoms with van der Waals surface area (Å²) in [6, 6.07) is 11.9. The summed E-state index contributed by atoms with van der Waals surface area (Å²) in [5.41, 5.74) is 0. The second-order valence-corrected chi connectivity index (χ2v) is 4.76. The third kappa shape index (κ3) is 5.55. The zero-order valence-electron chi connectivity index (χ0n) is 10.3. The van der Waals surface area contributed by atoms with Crippen molar-refractivity contribution in [3.63, 3.8) is 0 Å². The first-order chi connectivity index (χ1) is 8.76. The zero-order chi connectivity index (χ0) is 13.2. The highest BCUT2D eigenvalue weighted by Gasteiger charge is 2.04. The standard InChI is InChI=1S/C14H15NO2S/c1-17-14(16)11-13(9-5-6-10-15)18-12-7-3-2-4-8-12/h2-4,7-8,11H,5-6,9H2,1H3/b13-11+. The molecule has 0 N–H and O–H groups in total. The molecular weight excluding hydrogens is 246 g/mol. The molecule has 0 atom stereocenters. The van der Waals surface area contributed by atoms with Crippen molar-refractivity contribution in [1.29, 1.82) is 5.26 Å². The molecule has 1 rings (SSSR count). The van der Waals surface area contributed by atoms with E-state index in [-0.39, 0.29) is 5.97 Å². The number of carbonyl (C=O) groups is 1. The number of unbranched alkanes of at least 4 members (excludes halogenated alkanes) is 1. The van der Waals surface area contributed by atoms with Crippen molar-refractivity contribution >= 4 is 17.7 Å². The van der Waals surface area contributed by atoms with Gasteiger partial charge in [0, 0.05) is 17.4 Å². The number of allylic oxidation sites excluding steroid dienone is 1. The van der Waals surface area contributed by atoms with Crippen molar-refractivity contribution in [2.24, 2.45) is 0 Å². The predicted molar refractivity (Wildman–Crippen MR) is 71.9 cm³/mol. The molecule has 0 unspecified atom stereocenters. The van der Waals surface area contributed by atoms with Crippen LogP contribution in [0, 0.1) is 11.3 Å². The third-order valence-electron chi connectivity index (χ3n) is 2.18. The summed E-state index contributed by atoms with van der Waals surface area (Å²) in [6.45, 7) is 0. The van der Waals surface area contributed by atoms with E-state index in [2.05, 4.69) is 10.8 Å². The number of hydrogen-bond donors (Lipinski definition) is 0. The Bertz CT molecular complexity index is 449. The minimum atomic E-state index is -0.356. The zero-order valence-corrected chi connectivity index (χ0v) is 11.1. The molecule has 1 aromatic carbocycles. The topological polar surface area (TPSA) is 50.1 Å². The number of benzene rings is 1. The Hall–Kier alpha value is -1.73. The highest BCUT2D eigenvalue weighted by Crippen LogP contribution is 2.29. The quantitative estimate of drug-likeness (QED) is 0.340. The van der Waals surface area contributed by atoms with E-state index in [4.69, 9.17) is 5.26 Å². The van der Waals surface area contributed by atoms with Gasteiger partial charge in [-0.05, 0) is 29.9 Å². The molecule has 94 valence electrons. The van der Waals surface area contributed by atoms with E-state index in [9.17, 15) is 4.79 Å². The molecule has 0 fully saturated rings. The molecule has 0 saturated carbocycles. The molecule has 4 heteroatoms. The molecule has 0 spiro atoms. The van der Waals surface area contributed by atoms with Crippen molar-refractivity contribution in [3.05, 3.63) is 41.3 Å². The Morgan fingerprint density at radius 2 is 2.17 bits per heavy atom. The number of nitrogens with zero attached hydrogens (tertiary/aromatic N) is 1. The lowest BCUT2D eigenvalue weighted by atomic mass is 10.2. The van der Waals surface area contributed by atoms with Crippen molar-refractivity contribution in [3.8, 4) is 6.07 Å². The van der Waals surface area contributed by atoms with Crippen molar-refractivity contribution in [2.75, 3.05) is 7.11 Å². The molecule has 3 nitrogen and oxygen atoms in total. The van der Waals surface area contributed by atoms with Crippen LogP contribution in [0.5, 0.6) is 0 Å². The fraction of sp³-hybridized carbons (Fsp3) is 0.286. The molecule has 0 heterocycles. The minimum absolute atomic E-state index is 0.356. The van der Waals surface area contributed by atoms with Crippen LogP contribution < -0.4 is 0 Å². The van der Waals surface area contributed by atoms with Crippen LogP contribution in [-0.2, 0) is 9.53 Å². The summed E-state index contributed by atoms with van der Waals surface area (Å²) in [5, 5.41) is 8.53. The number of rotatable bonds is 6. The molecule has 0 aliphatic rings. The lowest BCUT2D eigenvalue weighted by molar-refractivity contribution is -0.134. The Kier molecular flexibility index (Phi) is 6.67. The van der Waals surface area contributed by atoms with Gasteiger partial charge in [-0.15, -0.1) is 0 Å². The lowest BCUT2D eigenvalue weighted by Crippen LogP contribution is -1.96. The number of carbonyl (C=O) groups excluding carboxylic acids is 1. The van der Waals surface area contributed by atoms with Crippen molar-refractivity contribution in [1.82, 2.24) is 0 Å².